The zero-order valence-electron chi connectivity index (χ0n) is 16.9. The van der Waals surface area contributed by atoms with Crippen molar-refractivity contribution in [1.82, 2.24) is 5.32 Å². The maximum atomic E-state index is 12.0. The van der Waals surface area contributed by atoms with Gasteiger partial charge in [0.2, 0.25) is 0 Å². The highest BCUT2D eigenvalue weighted by molar-refractivity contribution is 6.62. The summed E-state index contributed by atoms with van der Waals surface area (Å²) in [5, 5.41) is 2.79. The summed E-state index contributed by atoms with van der Waals surface area (Å²) in [6.07, 6.45) is -0.0352. The van der Waals surface area contributed by atoms with Crippen LogP contribution in [0.4, 0.5) is 4.79 Å². The highest BCUT2D eigenvalue weighted by atomic mass is 16.7. The molecule has 7 heteroatoms. The van der Waals surface area contributed by atoms with E-state index in [0.717, 1.165) is 16.6 Å². The van der Waals surface area contributed by atoms with Crippen LogP contribution < -0.4 is 10.8 Å². The lowest BCUT2D eigenvalue weighted by atomic mass is 9.74. The van der Waals surface area contributed by atoms with Crippen molar-refractivity contribution in [3.63, 3.8) is 0 Å². The minimum absolute atomic E-state index is 0.319. The van der Waals surface area contributed by atoms with E-state index in [4.69, 9.17) is 21.9 Å². The minimum Gasteiger partial charge on any atom is -0.444 e. The zero-order valence-corrected chi connectivity index (χ0v) is 16.9. The van der Waals surface area contributed by atoms with E-state index in [1.807, 2.05) is 66.7 Å². The van der Waals surface area contributed by atoms with Gasteiger partial charge in [-0.15, -0.1) is 0 Å². The minimum atomic E-state index is -0.540. The van der Waals surface area contributed by atoms with E-state index in [9.17, 15) is 4.79 Å². The molecule has 1 aliphatic rings. The molecule has 1 saturated heterocycles. The molecule has 2 radical (unpaired) electrons. The third-order valence-corrected chi connectivity index (χ3v) is 4.78. The Bertz CT molecular complexity index is 652. The molecule has 26 heavy (non-hydrogen) atoms. The Balaban J connectivity index is 2.22. The van der Waals surface area contributed by atoms with Gasteiger partial charge in [0.1, 0.15) is 5.60 Å². The number of amides is 1. The topological polar surface area (TPSA) is 56.8 Å². The van der Waals surface area contributed by atoms with Crippen LogP contribution in [0.5, 0.6) is 0 Å². The molecule has 0 bridgehead atoms. The molecule has 0 aromatic heterocycles. The van der Waals surface area contributed by atoms with Gasteiger partial charge in [-0.05, 0) is 59.5 Å². The molecule has 1 aromatic rings. The summed E-state index contributed by atoms with van der Waals surface area (Å²) in [5.74, 6) is 0. The molecule has 5 nitrogen and oxygen atoms in total. The van der Waals surface area contributed by atoms with Gasteiger partial charge in [0.25, 0.3) is 0 Å². The molecule has 0 atom stereocenters. The van der Waals surface area contributed by atoms with Gasteiger partial charge in [0.05, 0.1) is 19.0 Å². The summed E-state index contributed by atoms with van der Waals surface area (Å²) in [4.78, 5) is 12.0. The first-order valence-electron chi connectivity index (χ1n) is 8.99. The molecule has 1 aliphatic heterocycles. The Labute approximate surface area is 158 Å². The fourth-order valence-corrected chi connectivity index (χ4v) is 2.60. The van der Waals surface area contributed by atoms with Crippen molar-refractivity contribution in [2.24, 2.45) is 0 Å². The first-order chi connectivity index (χ1) is 11.8. The number of benzene rings is 1. The average Bonchev–Trinajstić information content (AvgIpc) is 2.71. The standard InChI is InChI=1S/C19H29B2NO4/c1-17(2,3)24-16(23)22-12-14-9-8-13(11-20)10-15(14)21-25-18(4,5)19(6,7)26-21/h8-10H,11-12H2,1-7H3,(H,22,23). The summed E-state index contributed by atoms with van der Waals surface area (Å²) in [5.41, 5.74) is 1.35. The van der Waals surface area contributed by atoms with Gasteiger partial charge >= 0.3 is 13.2 Å². The van der Waals surface area contributed by atoms with E-state index < -0.39 is 30.0 Å². The molecule has 1 aromatic carbocycles. The number of nitrogens with one attached hydrogen (secondary N) is 1. The highest BCUT2D eigenvalue weighted by Gasteiger charge is 2.52. The van der Waals surface area contributed by atoms with Crippen molar-refractivity contribution >= 4 is 26.5 Å². The smallest absolute Gasteiger partial charge is 0.444 e. The molecule has 1 N–H and O–H groups in total. The number of ether oxygens (including phenoxy) is 1. The van der Waals surface area contributed by atoms with Crippen LogP contribution in [0.3, 0.4) is 0 Å². The lowest BCUT2D eigenvalue weighted by Crippen LogP contribution is -2.41. The van der Waals surface area contributed by atoms with Crippen molar-refractivity contribution in [3.8, 4) is 0 Å². The molecule has 0 saturated carbocycles. The first-order valence-corrected chi connectivity index (χ1v) is 8.99. The number of alkyl carbamates (subject to hydrolysis) is 1. The highest BCUT2D eigenvalue weighted by Crippen LogP contribution is 2.36. The quantitative estimate of drug-likeness (QED) is 0.842. The van der Waals surface area contributed by atoms with Crippen molar-refractivity contribution in [3.05, 3.63) is 29.3 Å². The molecule has 1 fully saturated rings. The second-order valence-corrected chi connectivity index (χ2v) is 8.68. The van der Waals surface area contributed by atoms with Crippen LogP contribution in [-0.2, 0) is 26.9 Å². The zero-order chi connectivity index (χ0) is 19.8. The largest absolute Gasteiger partial charge is 0.495 e. The number of carbonyl (C=O) groups is 1. The Hall–Kier alpha value is -1.46. The molecular weight excluding hydrogens is 328 g/mol. The summed E-state index contributed by atoms with van der Waals surface area (Å²) < 4.78 is 17.6. The van der Waals surface area contributed by atoms with Gasteiger partial charge < -0.3 is 19.4 Å². The van der Waals surface area contributed by atoms with Gasteiger partial charge in [-0.3, -0.25) is 0 Å². The SMILES string of the molecule is [B]Cc1ccc(CNC(=O)OC(C)(C)C)c(B2OC(C)(C)C(C)(C)O2)c1. The maximum Gasteiger partial charge on any atom is 0.495 e. The van der Waals surface area contributed by atoms with Crippen molar-refractivity contribution in [1.29, 1.82) is 0 Å². The van der Waals surface area contributed by atoms with Gasteiger partial charge in [0.15, 0.2) is 0 Å². The van der Waals surface area contributed by atoms with Gasteiger partial charge in [-0.2, -0.15) is 0 Å². The Kier molecular flexibility index (Phi) is 5.83. The molecule has 0 unspecified atom stereocenters. The van der Waals surface area contributed by atoms with Crippen molar-refractivity contribution < 1.29 is 18.8 Å². The summed E-state index contributed by atoms with van der Waals surface area (Å²) in [6, 6.07) is 5.87. The molecule has 1 amide bonds. The second kappa shape index (κ2) is 7.28. The van der Waals surface area contributed by atoms with E-state index >= 15 is 0 Å². The fraction of sp³-hybridized carbons (Fsp3) is 0.632. The number of rotatable bonds is 4. The number of hydrogen-bond donors (Lipinski definition) is 1. The van der Waals surface area contributed by atoms with Gasteiger partial charge in [-0.25, -0.2) is 4.79 Å². The van der Waals surface area contributed by atoms with E-state index in [1.54, 1.807) is 0 Å². The number of carbonyl (C=O) groups excluding carboxylic acids is 1. The summed E-state index contributed by atoms with van der Waals surface area (Å²) in [7, 11) is 5.28. The van der Waals surface area contributed by atoms with Gasteiger partial charge in [0, 0.05) is 6.54 Å². The lowest BCUT2D eigenvalue weighted by Gasteiger charge is -2.32. The second-order valence-electron chi connectivity index (χ2n) is 8.68. The molecular formula is C19H29B2NO4. The van der Waals surface area contributed by atoms with Crippen molar-refractivity contribution in [2.45, 2.75) is 78.1 Å². The predicted octanol–water partition coefficient (Wildman–Crippen LogP) is 2.68. The van der Waals surface area contributed by atoms with E-state index in [0.29, 0.717) is 12.9 Å². The fourth-order valence-electron chi connectivity index (χ4n) is 2.60. The number of hydrogen-bond acceptors (Lipinski definition) is 4. The van der Waals surface area contributed by atoms with Crippen LogP contribution in [0.25, 0.3) is 0 Å². The predicted molar refractivity (Wildman–Crippen MR) is 105 cm³/mol. The van der Waals surface area contributed by atoms with E-state index in [-0.39, 0.29) is 0 Å². The molecule has 0 aliphatic carbocycles. The van der Waals surface area contributed by atoms with Crippen LogP contribution >= 0.6 is 0 Å². The van der Waals surface area contributed by atoms with Crippen LogP contribution in [0.2, 0.25) is 0 Å². The van der Waals surface area contributed by atoms with Crippen LogP contribution in [-0.4, -0.2) is 37.9 Å². The third kappa shape index (κ3) is 4.83. The maximum absolute atomic E-state index is 12.0. The monoisotopic (exact) mass is 357 g/mol. The molecule has 2 rings (SSSR count). The molecule has 140 valence electrons. The third-order valence-electron chi connectivity index (χ3n) is 4.78. The van der Waals surface area contributed by atoms with Crippen molar-refractivity contribution in [2.75, 3.05) is 0 Å². The van der Waals surface area contributed by atoms with Crippen LogP contribution in [0.15, 0.2) is 18.2 Å². The summed E-state index contributed by atoms with van der Waals surface area (Å²) >= 11 is 0. The molecule has 0 spiro atoms. The Morgan fingerprint density at radius 1 is 1.19 bits per heavy atom. The Morgan fingerprint density at radius 2 is 1.77 bits per heavy atom. The Morgan fingerprint density at radius 3 is 2.27 bits per heavy atom. The van der Waals surface area contributed by atoms with E-state index in [2.05, 4.69) is 5.32 Å². The molecule has 1 heterocycles. The first kappa shape index (κ1) is 20.8. The van der Waals surface area contributed by atoms with E-state index in [1.165, 1.54) is 0 Å². The van der Waals surface area contributed by atoms with Gasteiger partial charge in [-0.1, -0.05) is 30.1 Å². The van der Waals surface area contributed by atoms with Crippen LogP contribution in [0, 0.1) is 0 Å². The normalized spacial score (nSPS) is 18.7. The summed E-state index contributed by atoms with van der Waals surface area (Å²) in [6.45, 7) is 13.9. The van der Waals surface area contributed by atoms with Crippen LogP contribution in [0.1, 0.15) is 59.6 Å². The average molecular weight is 357 g/mol. The lowest BCUT2D eigenvalue weighted by molar-refractivity contribution is 0.00578.